The van der Waals surface area contributed by atoms with Gasteiger partial charge in [-0.1, -0.05) is 115 Å². The fourth-order valence-corrected chi connectivity index (χ4v) is 8.87. The van der Waals surface area contributed by atoms with Crippen molar-refractivity contribution >= 4 is 82.5 Å². The van der Waals surface area contributed by atoms with Crippen molar-refractivity contribution in [2.45, 2.75) is 0 Å². The van der Waals surface area contributed by atoms with Gasteiger partial charge in [0.15, 0.2) is 0 Å². The van der Waals surface area contributed by atoms with E-state index in [0.29, 0.717) is 0 Å². The van der Waals surface area contributed by atoms with E-state index in [-0.39, 0.29) is 0 Å². The molecule has 0 aliphatic carbocycles. The summed E-state index contributed by atoms with van der Waals surface area (Å²) in [6.45, 7) is 0. The van der Waals surface area contributed by atoms with E-state index in [9.17, 15) is 0 Å². The van der Waals surface area contributed by atoms with Gasteiger partial charge in [0.25, 0.3) is 0 Å². The van der Waals surface area contributed by atoms with Gasteiger partial charge in [-0.25, -0.2) is 4.98 Å². The van der Waals surface area contributed by atoms with E-state index in [1.807, 2.05) is 24.3 Å². The molecule has 0 aliphatic heterocycles. The van der Waals surface area contributed by atoms with E-state index in [1.54, 1.807) is 11.3 Å². The van der Waals surface area contributed by atoms with Crippen LogP contribution in [0, 0.1) is 0 Å². The van der Waals surface area contributed by atoms with Crippen LogP contribution in [-0.2, 0) is 0 Å². The second kappa shape index (κ2) is 12.3. The molecule has 0 saturated carbocycles. The summed E-state index contributed by atoms with van der Waals surface area (Å²) in [6, 6.07) is 63.7. The zero-order valence-corrected chi connectivity index (χ0v) is 29.8. The van der Waals surface area contributed by atoms with Crippen LogP contribution in [0.25, 0.3) is 86.9 Å². The molecule has 254 valence electrons. The number of anilines is 3. The maximum atomic E-state index is 6.49. The van der Waals surface area contributed by atoms with Gasteiger partial charge in [-0.3, -0.25) is 0 Å². The summed E-state index contributed by atoms with van der Waals surface area (Å²) in [6.07, 6.45) is 0. The van der Waals surface area contributed by atoms with Crippen LogP contribution < -0.4 is 4.90 Å². The molecule has 8 aromatic carbocycles. The molecular formula is C49H30N2O2S. The number of thiazole rings is 1. The van der Waals surface area contributed by atoms with Gasteiger partial charge in [-0.05, 0) is 77.4 Å². The van der Waals surface area contributed by atoms with E-state index in [1.165, 1.54) is 0 Å². The summed E-state index contributed by atoms with van der Waals surface area (Å²) in [4.78, 5) is 7.29. The van der Waals surface area contributed by atoms with Crippen LogP contribution in [0.2, 0.25) is 0 Å². The number of nitrogens with zero attached hydrogens (tertiary/aromatic N) is 2. The SMILES string of the molecule is c1ccc(-c2nc3ccc4oc5cc(-c6ccc(N(c7ccc8c(c7)oc7ccccc78)c7ccccc7-c7ccccc7)cc6)ccc5c4c3s2)cc1. The molecule has 54 heavy (non-hydrogen) atoms. The van der Waals surface area contributed by atoms with Crippen LogP contribution in [0.5, 0.6) is 0 Å². The lowest BCUT2D eigenvalue weighted by Gasteiger charge is -2.28. The van der Waals surface area contributed by atoms with Gasteiger partial charge < -0.3 is 13.7 Å². The van der Waals surface area contributed by atoms with E-state index in [4.69, 9.17) is 13.8 Å². The molecule has 0 atom stereocenters. The van der Waals surface area contributed by atoms with Gasteiger partial charge >= 0.3 is 0 Å². The first-order valence-electron chi connectivity index (χ1n) is 18.0. The van der Waals surface area contributed by atoms with Crippen LogP contribution in [0.4, 0.5) is 17.1 Å². The molecule has 0 bridgehead atoms. The molecule has 0 aliphatic rings. The molecule has 0 N–H and O–H groups in total. The predicted octanol–water partition coefficient (Wildman–Crippen LogP) is 14.6. The summed E-state index contributed by atoms with van der Waals surface area (Å²) in [5, 5.41) is 5.47. The third-order valence-electron chi connectivity index (χ3n) is 10.3. The molecule has 3 heterocycles. The molecule has 11 aromatic rings. The molecule has 0 spiro atoms. The molecule has 11 rings (SSSR count). The molecular weight excluding hydrogens is 681 g/mol. The first kappa shape index (κ1) is 30.7. The third-order valence-corrected chi connectivity index (χ3v) is 11.5. The Morgan fingerprint density at radius 2 is 1.07 bits per heavy atom. The lowest BCUT2D eigenvalue weighted by atomic mass is 10.0. The van der Waals surface area contributed by atoms with Crippen LogP contribution in [-0.4, -0.2) is 4.98 Å². The lowest BCUT2D eigenvalue weighted by molar-refractivity contribution is 0.669. The Morgan fingerprint density at radius 1 is 0.426 bits per heavy atom. The highest BCUT2D eigenvalue weighted by molar-refractivity contribution is 7.22. The molecule has 4 nitrogen and oxygen atoms in total. The van der Waals surface area contributed by atoms with Crippen molar-refractivity contribution in [3.05, 3.63) is 182 Å². The van der Waals surface area contributed by atoms with Crippen LogP contribution in [0.3, 0.4) is 0 Å². The second-order valence-electron chi connectivity index (χ2n) is 13.5. The summed E-state index contributed by atoms with van der Waals surface area (Å²) in [5.74, 6) is 0. The first-order chi connectivity index (χ1) is 26.7. The van der Waals surface area contributed by atoms with Gasteiger partial charge in [-0.15, -0.1) is 11.3 Å². The van der Waals surface area contributed by atoms with E-state index < -0.39 is 0 Å². The lowest BCUT2D eigenvalue weighted by Crippen LogP contribution is -2.11. The number of aromatic nitrogens is 1. The number of rotatable bonds is 6. The van der Waals surface area contributed by atoms with Crippen LogP contribution >= 0.6 is 11.3 Å². The van der Waals surface area contributed by atoms with Crippen molar-refractivity contribution in [3.63, 3.8) is 0 Å². The van der Waals surface area contributed by atoms with E-state index in [0.717, 1.165) is 104 Å². The minimum atomic E-state index is 0.860. The van der Waals surface area contributed by atoms with Crippen molar-refractivity contribution in [2.75, 3.05) is 4.90 Å². The molecule has 0 amide bonds. The van der Waals surface area contributed by atoms with Crippen molar-refractivity contribution in [1.29, 1.82) is 0 Å². The topological polar surface area (TPSA) is 42.4 Å². The summed E-state index contributed by atoms with van der Waals surface area (Å²) >= 11 is 1.72. The molecule has 0 unspecified atom stereocenters. The minimum absolute atomic E-state index is 0.860. The van der Waals surface area contributed by atoms with E-state index in [2.05, 4.69) is 163 Å². The fraction of sp³-hybridized carbons (Fsp3) is 0. The van der Waals surface area contributed by atoms with Crippen LogP contribution in [0.15, 0.2) is 191 Å². The van der Waals surface area contributed by atoms with Gasteiger partial charge in [0.05, 0.1) is 15.9 Å². The third kappa shape index (κ3) is 5.01. The molecule has 3 aromatic heterocycles. The number of para-hydroxylation sites is 2. The normalized spacial score (nSPS) is 11.7. The van der Waals surface area contributed by atoms with E-state index >= 15 is 0 Å². The fourth-order valence-electron chi connectivity index (χ4n) is 7.74. The maximum Gasteiger partial charge on any atom is 0.137 e. The molecule has 5 heteroatoms. The zero-order chi connectivity index (χ0) is 35.6. The maximum absolute atomic E-state index is 6.49. The first-order valence-corrected chi connectivity index (χ1v) is 18.8. The minimum Gasteiger partial charge on any atom is -0.456 e. The highest BCUT2D eigenvalue weighted by Gasteiger charge is 2.20. The molecule has 0 fully saturated rings. The van der Waals surface area contributed by atoms with Crippen molar-refractivity contribution in [2.24, 2.45) is 0 Å². The Morgan fingerprint density at radius 3 is 1.93 bits per heavy atom. The van der Waals surface area contributed by atoms with Gasteiger partial charge in [0.1, 0.15) is 27.3 Å². The highest BCUT2D eigenvalue weighted by atomic mass is 32.1. The predicted molar refractivity (Wildman–Crippen MR) is 225 cm³/mol. The average Bonchev–Trinajstić information content (AvgIpc) is 3.95. The second-order valence-corrected chi connectivity index (χ2v) is 14.5. The number of hydrogen-bond acceptors (Lipinski definition) is 5. The van der Waals surface area contributed by atoms with Crippen molar-refractivity contribution in [1.82, 2.24) is 4.98 Å². The molecule has 0 radical (unpaired) electrons. The van der Waals surface area contributed by atoms with Gasteiger partial charge in [0, 0.05) is 50.1 Å². The summed E-state index contributed by atoms with van der Waals surface area (Å²) in [5.41, 5.74) is 13.3. The number of benzene rings is 8. The Bertz CT molecular complexity index is 3160. The van der Waals surface area contributed by atoms with Crippen LogP contribution in [0.1, 0.15) is 0 Å². The number of fused-ring (bicyclic) bond motifs is 8. The standard InChI is InChI=1S/C49H30N2O2S/c1-3-11-32(12-4-1)37-15-7-9-17-42(37)51(36-24-26-39-38-16-8-10-18-43(38)52-46(39)30-36)35-22-19-31(20-23-35)34-21-25-40-45(29-34)53-44-28-27-41-48(47(40)44)54-49(50-41)33-13-5-2-6-14-33/h1-30H. The Labute approximate surface area is 314 Å². The Hall–Kier alpha value is -6.95. The smallest absolute Gasteiger partial charge is 0.137 e. The number of hydrogen-bond donors (Lipinski definition) is 0. The van der Waals surface area contributed by atoms with Crippen molar-refractivity contribution < 1.29 is 8.83 Å². The Kier molecular flexibility index (Phi) is 7.00. The zero-order valence-electron chi connectivity index (χ0n) is 28.9. The quantitative estimate of drug-likeness (QED) is 0.172. The summed E-state index contributed by atoms with van der Waals surface area (Å²) in [7, 11) is 0. The largest absolute Gasteiger partial charge is 0.456 e. The van der Waals surface area contributed by atoms with Crippen molar-refractivity contribution in [3.8, 4) is 32.8 Å². The average molecular weight is 711 g/mol. The van der Waals surface area contributed by atoms with Gasteiger partial charge in [-0.2, -0.15) is 0 Å². The molecule has 0 saturated heterocycles. The number of furan rings is 2. The summed E-state index contributed by atoms with van der Waals surface area (Å²) < 4.78 is 14.0. The Balaban J connectivity index is 1.01. The van der Waals surface area contributed by atoms with Gasteiger partial charge in [0.2, 0.25) is 0 Å². The highest BCUT2D eigenvalue weighted by Crippen LogP contribution is 2.44. The monoisotopic (exact) mass is 710 g/mol.